The van der Waals surface area contributed by atoms with Crippen LogP contribution in [0.1, 0.15) is 12.5 Å². The van der Waals surface area contributed by atoms with Gasteiger partial charge in [0.25, 0.3) is 5.91 Å². The van der Waals surface area contributed by atoms with Crippen LogP contribution in [0, 0.1) is 0 Å². The molecule has 2 aromatic rings. The highest BCUT2D eigenvalue weighted by molar-refractivity contribution is 8.27. The molecule has 1 aliphatic rings. The molecule has 27 heavy (non-hydrogen) atoms. The number of alkyl halides is 2. The van der Waals surface area contributed by atoms with Crippen molar-refractivity contribution < 1.29 is 23.0 Å². The Balaban J connectivity index is 1.89. The van der Waals surface area contributed by atoms with Crippen molar-refractivity contribution in [2.24, 2.45) is 0 Å². The molecule has 1 heterocycles. The van der Waals surface area contributed by atoms with Crippen molar-refractivity contribution >= 4 is 46.0 Å². The van der Waals surface area contributed by atoms with E-state index in [2.05, 4.69) is 4.74 Å². The molecule has 0 aliphatic carbocycles. The van der Waals surface area contributed by atoms with Crippen molar-refractivity contribution in [3.05, 3.63) is 59.0 Å². The van der Waals surface area contributed by atoms with Gasteiger partial charge in [0.1, 0.15) is 0 Å². The van der Waals surface area contributed by atoms with Crippen LogP contribution >= 0.6 is 24.0 Å². The van der Waals surface area contributed by atoms with Gasteiger partial charge in [-0.1, -0.05) is 48.2 Å². The third-order valence-electron chi connectivity index (χ3n) is 3.59. The fourth-order valence-electron chi connectivity index (χ4n) is 2.49. The van der Waals surface area contributed by atoms with Crippen molar-refractivity contribution in [3.63, 3.8) is 0 Å². The fraction of sp³-hybridized carbons (Fsp3) is 0.158. The van der Waals surface area contributed by atoms with Crippen molar-refractivity contribution in [2.75, 3.05) is 11.5 Å². The second-order valence-corrected chi connectivity index (χ2v) is 7.05. The molecule has 2 aromatic carbocycles. The maximum Gasteiger partial charge on any atom is 0.387 e. The summed E-state index contributed by atoms with van der Waals surface area (Å²) < 4.78 is 35.3. The third-order valence-corrected chi connectivity index (χ3v) is 4.89. The van der Waals surface area contributed by atoms with Crippen molar-refractivity contribution in [2.45, 2.75) is 13.5 Å². The van der Waals surface area contributed by atoms with Gasteiger partial charge >= 0.3 is 6.61 Å². The molecule has 0 saturated carbocycles. The molecule has 0 atom stereocenters. The number of thioether (sulfide) groups is 1. The summed E-state index contributed by atoms with van der Waals surface area (Å²) in [7, 11) is 0. The van der Waals surface area contributed by atoms with Gasteiger partial charge in [-0.3, -0.25) is 9.69 Å². The van der Waals surface area contributed by atoms with Gasteiger partial charge < -0.3 is 9.47 Å². The Labute approximate surface area is 164 Å². The predicted molar refractivity (Wildman–Crippen MR) is 106 cm³/mol. The first-order valence-corrected chi connectivity index (χ1v) is 9.26. The number of thiocarbonyl (C=S) groups is 1. The Bertz CT molecular complexity index is 888. The maximum absolute atomic E-state index is 12.7. The summed E-state index contributed by atoms with van der Waals surface area (Å²) in [6, 6.07) is 13.6. The number of benzene rings is 2. The van der Waals surface area contributed by atoms with Crippen LogP contribution < -0.4 is 14.4 Å². The summed E-state index contributed by atoms with van der Waals surface area (Å²) in [5.74, 6) is -0.104. The lowest BCUT2D eigenvalue weighted by Gasteiger charge is -2.14. The van der Waals surface area contributed by atoms with Crippen molar-refractivity contribution in [1.29, 1.82) is 0 Å². The molecular weight excluding hydrogens is 392 g/mol. The average Bonchev–Trinajstić information content (AvgIpc) is 2.91. The standard InChI is InChI=1S/C19H15F2NO3S2/c1-2-24-15-10-12(8-9-14(15)25-18(20)21)11-16-17(23)22(19(26)27-16)13-6-4-3-5-7-13/h3-11,18H,2H2,1H3/b16-11-. The summed E-state index contributed by atoms with van der Waals surface area (Å²) in [6.45, 7) is -0.916. The number of ether oxygens (including phenoxy) is 2. The van der Waals surface area contributed by atoms with Crippen LogP contribution in [0.25, 0.3) is 6.08 Å². The van der Waals surface area contributed by atoms with E-state index in [1.807, 2.05) is 18.2 Å². The van der Waals surface area contributed by atoms with E-state index in [0.717, 1.165) is 0 Å². The van der Waals surface area contributed by atoms with Crippen molar-refractivity contribution in [1.82, 2.24) is 0 Å². The van der Waals surface area contributed by atoms with Gasteiger partial charge in [-0.25, -0.2) is 0 Å². The molecule has 0 unspecified atom stereocenters. The molecule has 3 rings (SSSR count). The van der Waals surface area contributed by atoms with Gasteiger partial charge in [0.15, 0.2) is 15.8 Å². The Hall–Kier alpha value is -2.45. The number of anilines is 1. The summed E-state index contributed by atoms with van der Waals surface area (Å²) in [5.41, 5.74) is 1.31. The molecule has 0 bridgehead atoms. The molecule has 1 aliphatic heterocycles. The van der Waals surface area contributed by atoms with E-state index in [9.17, 15) is 13.6 Å². The highest BCUT2D eigenvalue weighted by Gasteiger charge is 2.33. The number of hydrogen-bond donors (Lipinski definition) is 0. The number of nitrogens with zero attached hydrogens (tertiary/aromatic N) is 1. The Morgan fingerprint density at radius 3 is 2.59 bits per heavy atom. The minimum atomic E-state index is -2.95. The smallest absolute Gasteiger partial charge is 0.387 e. The van der Waals surface area contributed by atoms with Gasteiger partial charge in [0.2, 0.25) is 0 Å². The predicted octanol–water partition coefficient (Wildman–Crippen LogP) is 5.09. The molecule has 0 aromatic heterocycles. The van der Waals surface area contributed by atoms with Crippen LogP contribution in [0.4, 0.5) is 14.5 Å². The lowest BCUT2D eigenvalue weighted by atomic mass is 10.2. The van der Waals surface area contributed by atoms with Gasteiger partial charge in [-0.05, 0) is 42.8 Å². The maximum atomic E-state index is 12.7. The topological polar surface area (TPSA) is 38.8 Å². The van der Waals surface area contributed by atoms with Crippen LogP contribution in [0.15, 0.2) is 53.4 Å². The lowest BCUT2D eigenvalue weighted by Crippen LogP contribution is -2.27. The first kappa shape index (κ1) is 19.3. The molecular formula is C19H15F2NO3S2. The first-order valence-electron chi connectivity index (χ1n) is 8.04. The highest BCUT2D eigenvalue weighted by Crippen LogP contribution is 2.37. The minimum absolute atomic E-state index is 0.0548. The molecule has 0 N–H and O–H groups in total. The van der Waals surface area contributed by atoms with Gasteiger partial charge in [-0.15, -0.1) is 0 Å². The third kappa shape index (κ3) is 4.45. The number of amides is 1. The number of halogens is 2. The normalized spacial score (nSPS) is 15.7. The molecule has 1 amide bonds. The summed E-state index contributed by atoms with van der Waals surface area (Å²) >= 11 is 6.51. The first-order chi connectivity index (χ1) is 13.0. The van der Waals surface area contributed by atoms with Crippen LogP contribution in [-0.2, 0) is 4.79 Å². The average molecular weight is 407 g/mol. The second-order valence-electron chi connectivity index (χ2n) is 5.37. The molecule has 4 nitrogen and oxygen atoms in total. The van der Waals surface area contributed by atoms with Crippen LogP contribution in [-0.4, -0.2) is 23.4 Å². The molecule has 1 saturated heterocycles. The van der Waals surface area contributed by atoms with E-state index >= 15 is 0 Å². The summed E-state index contributed by atoms with van der Waals surface area (Å²) in [4.78, 5) is 14.6. The SMILES string of the molecule is CCOc1cc(/C=C2\SC(=S)N(c3ccccc3)C2=O)ccc1OC(F)F. The number of rotatable bonds is 6. The molecule has 1 fully saturated rings. The zero-order chi connectivity index (χ0) is 19.4. The zero-order valence-corrected chi connectivity index (χ0v) is 15.9. The number of hydrogen-bond acceptors (Lipinski definition) is 5. The summed E-state index contributed by atoms with van der Waals surface area (Å²) in [5, 5.41) is 0. The Morgan fingerprint density at radius 1 is 1.19 bits per heavy atom. The molecule has 8 heteroatoms. The number of para-hydroxylation sites is 1. The van der Waals surface area contributed by atoms with Crippen molar-refractivity contribution in [3.8, 4) is 11.5 Å². The second kappa shape index (κ2) is 8.49. The molecule has 0 radical (unpaired) electrons. The van der Waals surface area contributed by atoms with E-state index in [1.54, 1.807) is 37.3 Å². The molecule has 140 valence electrons. The Kier molecular flexibility index (Phi) is 6.08. The van der Waals surface area contributed by atoms with E-state index in [-0.39, 0.29) is 17.4 Å². The number of carbonyl (C=O) groups excluding carboxylic acids is 1. The number of carbonyl (C=O) groups is 1. The van der Waals surface area contributed by atoms with E-state index in [0.29, 0.717) is 27.1 Å². The molecule has 0 spiro atoms. The monoisotopic (exact) mass is 407 g/mol. The largest absolute Gasteiger partial charge is 0.490 e. The van der Waals surface area contributed by atoms with Gasteiger partial charge in [0, 0.05) is 0 Å². The van der Waals surface area contributed by atoms with Gasteiger partial charge in [0.05, 0.1) is 17.2 Å². The highest BCUT2D eigenvalue weighted by atomic mass is 32.2. The van der Waals surface area contributed by atoms with Gasteiger partial charge in [-0.2, -0.15) is 8.78 Å². The van der Waals surface area contributed by atoms with E-state index in [1.165, 1.54) is 22.7 Å². The summed E-state index contributed by atoms with van der Waals surface area (Å²) in [6.07, 6.45) is 1.65. The van der Waals surface area contributed by atoms with E-state index in [4.69, 9.17) is 17.0 Å². The zero-order valence-electron chi connectivity index (χ0n) is 14.2. The van der Waals surface area contributed by atoms with E-state index < -0.39 is 6.61 Å². The van der Waals surface area contributed by atoms with Crippen LogP contribution in [0.5, 0.6) is 11.5 Å². The van der Waals surface area contributed by atoms with Crippen LogP contribution in [0.3, 0.4) is 0 Å². The quantitative estimate of drug-likeness (QED) is 0.493. The lowest BCUT2D eigenvalue weighted by molar-refractivity contribution is -0.113. The fourth-order valence-corrected chi connectivity index (χ4v) is 3.79. The van der Waals surface area contributed by atoms with Crippen LogP contribution in [0.2, 0.25) is 0 Å². The minimum Gasteiger partial charge on any atom is -0.490 e. The Morgan fingerprint density at radius 2 is 1.93 bits per heavy atom.